The normalized spacial score (nSPS) is 24.3. The lowest BCUT2D eigenvalue weighted by Crippen LogP contribution is -2.46. The quantitative estimate of drug-likeness (QED) is 0.453. The third kappa shape index (κ3) is 5.61. The van der Waals surface area contributed by atoms with Crippen molar-refractivity contribution < 1.29 is 19.1 Å². The van der Waals surface area contributed by atoms with Crippen LogP contribution in [-0.4, -0.2) is 42.3 Å². The highest BCUT2D eigenvalue weighted by Gasteiger charge is 2.44. The topological polar surface area (TPSA) is 63.7 Å². The van der Waals surface area contributed by atoms with E-state index in [4.69, 9.17) is 16.3 Å². The second-order valence-corrected chi connectivity index (χ2v) is 10.3. The van der Waals surface area contributed by atoms with E-state index in [0.717, 1.165) is 43.2 Å². The number of ketones is 1. The van der Waals surface area contributed by atoms with E-state index in [9.17, 15) is 14.4 Å². The summed E-state index contributed by atoms with van der Waals surface area (Å²) in [6, 6.07) is 14.5. The first-order valence-electron chi connectivity index (χ1n) is 12.7. The first-order valence-corrected chi connectivity index (χ1v) is 13.1. The van der Waals surface area contributed by atoms with E-state index in [1.807, 2.05) is 35.2 Å². The number of ether oxygens (including phenoxy) is 1. The molecule has 0 N–H and O–H groups in total. The number of methoxy groups -OCH3 is 1. The molecule has 1 saturated heterocycles. The van der Waals surface area contributed by atoms with Crippen LogP contribution in [0, 0.1) is 11.8 Å². The molecule has 6 heteroatoms. The Labute approximate surface area is 212 Å². The fourth-order valence-corrected chi connectivity index (χ4v) is 6.07. The highest BCUT2D eigenvalue weighted by atomic mass is 35.5. The van der Waals surface area contributed by atoms with Crippen molar-refractivity contribution in [3.8, 4) is 0 Å². The maximum atomic E-state index is 13.8. The molecule has 2 atom stereocenters. The summed E-state index contributed by atoms with van der Waals surface area (Å²) in [5.74, 6) is 0.331. The van der Waals surface area contributed by atoms with Gasteiger partial charge in [-0.15, -0.1) is 0 Å². The second-order valence-electron chi connectivity index (χ2n) is 9.86. The molecule has 0 unspecified atom stereocenters. The van der Waals surface area contributed by atoms with Crippen LogP contribution in [0.25, 0.3) is 0 Å². The van der Waals surface area contributed by atoms with E-state index in [2.05, 4.69) is 6.92 Å². The zero-order valence-electron chi connectivity index (χ0n) is 20.5. The zero-order chi connectivity index (χ0) is 24.9. The van der Waals surface area contributed by atoms with E-state index >= 15 is 0 Å². The van der Waals surface area contributed by atoms with Gasteiger partial charge in [-0.2, -0.15) is 0 Å². The molecule has 2 aliphatic rings. The predicted molar refractivity (Wildman–Crippen MR) is 137 cm³/mol. The van der Waals surface area contributed by atoms with Gasteiger partial charge in [0.1, 0.15) is 0 Å². The number of nitrogens with zero attached hydrogens (tertiary/aromatic N) is 1. The molecule has 2 fully saturated rings. The molecule has 0 spiro atoms. The van der Waals surface area contributed by atoms with Crippen LogP contribution in [0.1, 0.15) is 72.9 Å². The minimum atomic E-state index is -0.512. The lowest BCUT2D eigenvalue weighted by molar-refractivity contribution is -0.142. The Balaban J connectivity index is 1.56. The van der Waals surface area contributed by atoms with Crippen LogP contribution < -0.4 is 0 Å². The van der Waals surface area contributed by atoms with Crippen molar-refractivity contribution in [3.05, 3.63) is 70.2 Å². The Morgan fingerprint density at radius 1 is 1.00 bits per heavy atom. The number of hydrogen-bond acceptors (Lipinski definition) is 4. The molecule has 1 saturated carbocycles. The number of rotatable bonds is 7. The van der Waals surface area contributed by atoms with Crippen LogP contribution in [0.15, 0.2) is 48.5 Å². The Bertz CT molecular complexity index is 1060. The Kier molecular flexibility index (Phi) is 8.27. The Morgan fingerprint density at radius 2 is 1.71 bits per heavy atom. The Morgan fingerprint density at radius 3 is 2.34 bits per heavy atom. The molecule has 5 nitrogen and oxygen atoms in total. The summed E-state index contributed by atoms with van der Waals surface area (Å²) >= 11 is 6.30. The largest absolute Gasteiger partial charge is 0.465 e. The molecule has 1 amide bonds. The minimum Gasteiger partial charge on any atom is -0.465 e. The van der Waals surface area contributed by atoms with Crippen LogP contribution in [0.3, 0.4) is 0 Å². The summed E-state index contributed by atoms with van der Waals surface area (Å²) in [5.41, 5.74) is 2.09. The van der Waals surface area contributed by atoms with Gasteiger partial charge in [-0.3, -0.25) is 9.59 Å². The number of carbonyl (C=O) groups is 3. The smallest absolute Gasteiger partial charge is 0.339 e. The molecule has 0 bridgehead atoms. The fraction of sp³-hybridized carbons (Fsp3) is 0.483. The molecule has 2 aromatic carbocycles. The van der Waals surface area contributed by atoms with Gasteiger partial charge in [0.05, 0.1) is 23.7 Å². The zero-order valence-corrected chi connectivity index (χ0v) is 21.3. The van der Waals surface area contributed by atoms with Crippen LogP contribution in [0.2, 0.25) is 5.02 Å². The number of halogens is 1. The van der Waals surface area contributed by atoms with Gasteiger partial charge in [-0.05, 0) is 61.3 Å². The highest BCUT2D eigenvalue weighted by Crippen LogP contribution is 2.38. The van der Waals surface area contributed by atoms with Crippen molar-refractivity contribution in [2.24, 2.45) is 11.8 Å². The van der Waals surface area contributed by atoms with Crippen molar-refractivity contribution >= 4 is 29.3 Å². The van der Waals surface area contributed by atoms with Crippen molar-refractivity contribution in [1.29, 1.82) is 0 Å². The number of hydrogen-bond donors (Lipinski definition) is 0. The molecular weight excluding hydrogens is 462 g/mol. The van der Waals surface area contributed by atoms with Gasteiger partial charge >= 0.3 is 5.97 Å². The van der Waals surface area contributed by atoms with Crippen LogP contribution in [0.5, 0.6) is 0 Å². The van der Waals surface area contributed by atoms with Crippen LogP contribution >= 0.6 is 11.6 Å². The molecule has 186 valence electrons. The Hall–Kier alpha value is -2.66. The van der Waals surface area contributed by atoms with E-state index in [1.165, 1.54) is 13.5 Å². The van der Waals surface area contributed by atoms with Crippen LogP contribution in [0.4, 0.5) is 0 Å². The average molecular weight is 496 g/mol. The first-order chi connectivity index (χ1) is 16.9. The lowest BCUT2D eigenvalue weighted by atomic mass is 9.80. The summed E-state index contributed by atoms with van der Waals surface area (Å²) in [4.78, 5) is 41.1. The third-order valence-corrected chi connectivity index (χ3v) is 8.14. The molecule has 1 aliphatic heterocycles. The summed E-state index contributed by atoms with van der Waals surface area (Å²) in [7, 11) is 1.31. The van der Waals surface area contributed by atoms with Gasteiger partial charge in [0.15, 0.2) is 5.78 Å². The van der Waals surface area contributed by atoms with Crippen molar-refractivity contribution in [2.45, 2.75) is 63.8 Å². The number of Topliss-reactive ketones (excluding diaryl/α,β-unsaturated/α-hetero) is 1. The summed E-state index contributed by atoms with van der Waals surface area (Å²) in [5, 5.41) is 0.258. The molecule has 35 heavy (non-hydrogen) atoms. The molecule has 0 aromatic heterocycles. The maximum absolute atomic E-state index is 13.8. The van der Waals surface area contributed by atoms with Crippen LogP contribution in [-0.2, 0) is 20.7 Å². The second kappa shape index (κ2) is 11.4. The molecule has 0 radical (unpaired) electrons. The summed E-state index contributed by atoms with van der Waals surface area (Å²) in [6.07, 6.45) is 6.10. The van der Waals surface area contributed by atoms with Gasteiger partial charge in [0.2, 0.25) is 5.91 Å². The van der Waals surface area contributed by atoms with E-state index < -0.39 is 12.0 Å². The number of benzene rings is 2. The van der Waals surface area contributed by atoms with E-state index in [0.29, 0.717) is 12.5 Å². The molecule has 1 aliphatic carbocycles. The maximum Gasteiger partial charge on any atom is 0.339 e. The summed E-state index contributed by atoms with van der Waals surface area (Å²) < 4.78 is 4.76. The number of esters is 1. The van der Waals surface area contributed by atoms with Gasteiger partial charge in [0.25, 0.3) is 0 Å². The van der Waals surface area contributed by atoms with Gasteiger partial charge < -0.3 is 9.64 Å². The molecule has 4 rings (SSSR count). The van der Waals surface area contributed by atoms with E-state index in [-0.39, 0.29) is 40.5 Å². The van der Waals surface area contributed by atoms with Gasteiger partial charge in [0, 0.05) is 24.8 Å². The van der Waals surface area contributed by atoms with Gasteiger partial charge in [-0.25, -0.2) is 4.79 Å². The van der Waals surface area contributed by atoms with Crippen molar-refractivity contribution in [1.82, 2.24) is 4.90 Å². The average Bonchev–Trinajstić information content (AvgIpc) is 3.34. The number of carbonyl (C=O) groups excluding carboxylic acids is 3. The molecule has 2 aromatic rings. The minimum absolute atomic E-state index is 0.00818. The molecular formula is C29H34ClNO4. The SMILES string of the molecule is CCC1CCC(C(=O)N2CC[C@@H](c3ccccc3)[C@H]2C(=O)Cc2ccc(C(=O)OC)c(Cl)c2)CC1. The van der Waals surface area contributed by atoms with Crippen molar-refractivity contribution in [3.63, 3.8) is 0 Å². The predicted octanol–water partition coefficient (Wildman–Crippen LogP) is 5.84. The third-order valence-electron chi connectivity index (χ3n) is 7.83. The fourth-order valence-electron chi connectivity index (χ4n) is 5.79. The highest BCUT2D eigenvalue weighted by molar-refractivity contribution is 6.33. The first kappa shape index (κ1) is 25.4. The molecule has 1 heterocycles. The monoisotopic (exact) mass is 495 g/mol. The standard InChI is InChI=1S/C29H34ClNO4/c1-3-19-9-12-22(13-10-19)28(33)31-16-15-23(21-7-5-4-6-8-21)27(31)26(32)18-20-11-14-24(25(30)17-20)29(34)35-2/h4-8,11,14,17,19,22-23,27H,3,9-10,12-13,15-16,18H2,1-2H3/t19?,22?,23-,27-/m0/s1. The number of amides is 1. The van der Waals surface area contributed by atoms with Gasteiger partial charge in [-0.1, -0.05) is 61.3 Å². The summed E-state index contributed by atoms with van der Waals surface area (Å²) in [6.45, 7) is 2.82. The van der Waals surface area contributed by atoms with E-state index in [1.54, 1.807) is 18.2 Å². The lowest BCUT2D eigenvalue weighted by Gasteiger charge is -2.33. The number of likely N-dealkylation sites (tertiary alicyclic amines) is 1. The van der Waals surface area contributed by atoms with Crippen molar-refractivity contribution in [2.75, 3.05) is 13.7 Å².